The maximum absolute atomic E-state index is 10.6. The first-order chi connectivity index (χ1) is 4.70. The van der Waals surface area contributed by atoms with E-state index in [9.17, 15) is 4.79 Å². The number of esters is 1. The lowest BCUT2D eigenvalue weighted by molar-refractivity contribution is -0.140. The van der Waals surface area contributed by atoms with Crippen LogP contribution in [0.1, 0.15) is 26.7 Å². The van der Waals surface area contributed by atoms with Gasteiger partial charge in [0.15, 0.2) is 0 Å². The quantitative estimate of drug-likeness (QED) is 0.561. The Bertz CT molecular complexity index is 99.4. The van der Waals surface area contributed by atoms with E-state index in [0.29, 0.717) is 6.42 Å². The molecule has 0 fully saturated rings. The highest BCUT2D eigenvalue weighted by molar-refractivity contribution is 5.69. The molecule has 0 aliphatic heterocycles. The maximum Gasteiger partial charge on any atom is 0.305 e. The Labute approximate surface area is 62.6 Å². The molecule has 0 aliphatic carbocycles. The third kappa shape index (κ3) is 4.36. The third-order valence-electron chi connectivity index (χ3n) is 1.20. The molecule has 1 unspecified atom stereocenters. The van der Waals surface area contributed by atoms with E-state index in [1.54, 1.807) is 6.92 Å². The van der Waals surface area contributed by atoms with Gasteiger partial charge in [-0.1, -0.05) is 13.8 Å². The Kier molecular flexibility index (Phi) is 4.99. The van der Waals surface area contributed by atoms with E-state index in [1.807, 2.05) is 6.92 Å². The molecule has 2 radical (unpaired) electrons. The van der Waals surface area contributed by atoms with Crippen LogP contribution in [0.2, 0.25) is 0 Å². The highest BCUT2D eigenvalue weighted by Gasteiger charge is 2.03. The van der Waals surface area contributed by atoms with Crippen LogP contribution in [0.25, 0.3) is 0 Å². The number of rotatable bonds is 4. The number of carbonyl (C=O) groups is 1. The van der Waals surface area contributed by atoms with Gasteiger partial charge >= 0.3 is 5.97 Å². The standard InChI is InChI=1S/C8H14O2/c1-4-7(3)6-10-8(9)5-2/h6-7H,3-5H2,1-2H3. The summed E-state index contributed by atoms with van der Waals surface area (Å²) in [4.78, 5) is 10.6. The largest absolute Gasteiger partial charge is 0.458 e. The van der Waals surface area contributed by atoms with Crippen molar-refractivity contribution in [3.63, 3.8) is 0 Å². The van der Waals surface area contributed by atoms with Crippen LogP contribution < -0.4 is 0 Å². The zero-order valence-electron chi connectivity index (χ0n) is 6.59. The van der Waals surface area contributed by atoms with Gasteiger partial charge in [-0.05, 0) is 19.3 Å². The zero-order chi connectivity index (χ0) is 7.98. The Morgan fingerprint density at radius 2 is 2.30 bits per heavy atom. The van der Waals surface area contributed by atoms with Crippen LogP contribution in [0.3, 0.4) is 0 Å². The lowest BCUT2D eigenvalue weighted by Gasteiger charge is -2.06. The molecule has 0 N–H and O–H groups in total. The molecular weight excluding hydrogens is 128 g/mol. The smallest absolute Gasteiger partial charge is 0.305 e. The van der Waals surface area contributed by atoms with Gasteiger partial charge in [-0.2, -0.15) is 0 Å². The monoisotopic (exact) mass is 142 g/mol. The molecule has 0 bridgehead atoms. The molecule has 0 saturated heterocycles. The molecule has 0 aromatic heterocycles. The predicted molar refractivity (Wildman–Crippen MR) is 39.8 cm³/mol. The highest BCUT2D eigenvalue weighted by Crippen LogP contribution is 2.05. The summed E-state index contributed by atoms with van der Waals surface area (Å²) in [5.41, 5.74) is 0. The number of ether oxygens (including phenoxy) is 1. The number of carbonyl (C=O) groups excluding carboxylic acids is 1. The van der Waals surface area contributed by atoms with Gasteiger partial charge < -0.3 is 4.74 Å². The van der Waals surface area contributed by atoms with Crippen molar-refractivity contribution in [2.75, 3.05) is 0 Å². The number of hydrogen-bond donors (Lipinski definition) is 0. The van der Waals surface area contributed by atoms with Crippen molar-refractivity contribution in [2.24, 2.45) is 5.92 Å². The minimum absolute atomic E-state index is 0.121. The second-order valence-electron chi connectivity index (χ2n) is 2.15. The molecule has 0 amide bonds. The molecule has 0 aliphatic rings. The summed E-state index contributed by atoms with van der Waals surface area (Å²) in [6.07, 6.45) is 1.32. The van der Waals surface area contributed by atoms with Crippen LogP contribution in [0, 0.1) is 19.4 Å². The summed E-state index contributed by atoms with van der Waals surface area (Å²) >= 11 is 0. The molecular formula is C8H14O2. The molecule has 58 valence electrons. The van der Waals surface area contributed by atoms with Gasteiger partial charge in [0.1, 0.15) is 6.61 Å². The van der Waals surface area contributed by atoms with Crippen LogP contribution in [-0.4, -0.2) is 5.97 Å². The molecule has 1 atom stereocenters. The summed E-state index contributed by atoms with van der Waals surface area (Å²) < 4.78 is 4.72. The van der Waals surface area contributed by atoms with Gasteiger partial charge in [0.2, 0.25) is 0 Å². The lowest BCUT2D eigenvalue weighted by atomic mass is 10.1. The van der Waals surface area contributed by atoms with E-state index < -0.39 is 0 Å². The van der Waals surface area contributed by atoms with Crippen LogP contribution in [0.4, 0.5) is 0 Å². The Hall–Kier alpha value is -0.530. The van der Waals surface area contributed by atoms with E-state index in [4.69, 9.17) is 4.74 Å². The van der Waals surface area contributed by atoms with Gasteiger partial charge in [-0.15, -0.1) is 0 Å². The SMILES string of the molecule is [CH2]C([CH]OC(=O)CC)CC. The van der Waals surface area contributed by atoms with E-state index in [1.165, 1.54) is 6.61 Å². The molecule has 0 heterocycles. The number of hydrogen-bond acceptors (Lipinski definition) is 2. The Morgan fingerprint density at radius 3 is 2.70 bits per heavy atom. The van der Waals surface area contributed by atoms with Gasteiger partial charge in [0, 0.05) is 6.42 Å². The molecule has 0 saturated carbocycles. The van der Waals surface area contributed by atoms with E-state index in [0.717, 1.165) is 6.42 Å². The molecule has 2 nitrogen and oxygen atoms in total. The van der Waals surface area contributed by atoms with Crippen LogP contribution in [0.15, 0.2) is 0 Å². The summed E-state index contributed by atoms with van der Waals surface area (Å²) in [5.74, 6) is -0.0717. The van der Waals surface area contributed by atoms with Gasteiger partial charge in [-0.3, -0.25) is 4.79 Å². The van der Waals surface area contributed by atoms with Gasteiger partial charge in [0.05, 0.1) is 0 Å². The van der Waals surface area contributed by atoms with Crippen molar-refractivity contribution in [3.8, 4) is 0 Å². The van der Waals surface area contributed by atoms with Crippen molar-refractivity contribution in [1.82, 2.24) is 0 Å². The minimum Gasteiger partial charge on any atom is -0.458 e. The van der Waals surface area contributed by atoms with E-state index in [-0.39, 0.29) is 11.9 Å². The lowest BCUT2D eigenvalue weighted by Crippen LogP contribution is -2.04. The van der Waals surface area contributed by atoms with Crippen molar-refractivity contribution in [2.45, 2.75) is 26.7 Å². The Balaban J connectivity index is 3.26. The van der Waals surface area contributed by atoms with Crippen LogP contribution >= 0.6 is 0 Å². The van der Waals surface area contributed by atoms with Crippen molar-refractivity contribution in [3.05, 3.63) is 13.5 Å². The summed E-state index contributed by atoms with van der Waals surface area (Å²) in [6, 6.07) is 0. The second-order valence-corrected chi connectivity index (χ2v) is 2.15. The van der Waals surface area contributed by atoms with E-state index >= 15 is 0 Å². The molecule has 0 aromatic carbocycles. The molecule has 2 heteroatoms. The minimum atomic E-state index is -0.192. The normalized spacial score (nSPS) is 12.7. The first kappa shape index (κ1) is 9.47. The fourth-order valence-corrected chi connectivity index (χ4v) is 0.352. The fraction of sp³-hybridized carbons (Fsp3) is 0.625. The van der Waals surface area contributed by atoms with Crippen molar-refractivity contribution < 1.29 is 9.53 Å². The van der Waals surface area contributed by atoms with Gasteiger partial charge in [-0.25, -0.2) is 0 Å². The summed E-state index contributed by atoms with van der Waals surface area (Å²) in [7, 11) is 0. The average Bonchev–Trinajstić information content (AvgIpc) is 1.99. The van der Waals surface area contributed by atoms with Crippen LogP contribution in [-0.2, 0) is 9.53 Å². The summed E-state index contributed by atoms with van der Waals surface area (Å²) in [5, 5.41) is 0. The molecule has 10 heavy (non-hydrogen) atoms. The maximum atomic E-state index is 10.6. The third-order valence-corrected chi connectivity index (χ3v) is 1.20. The van der Waals surface area contributed by atoms with Crippen molar-refractivity contribution >= 4 is 5.97 Å². The first-order valence-corrected chi connectivity index (χ1v) is 3.56. The van der Waals surface area contributed by atoms with Crippen molar-refractivity contribution in [1.29, 1.82) is 0 Å². The van der Waals surface area contributed by atoms with Gasteiger partial charge in [0.25, 0.3) is 0 Å². The zero-order valence-corrected chi connectivity index (χ0v) is 6.59. The average molecular weight is 142 g/mol. The Morgan fingerprint density at radius 1 is 1.70 bits per heavy atom. The molecule has 0 aromatic rings. The summed E-state index contributed by atoms with van der Waals surface area (Å²) in [6.45, 7) is 8.98. The molecule has 0 rings (SSSR count). The fourth-order valence-electron chi connectivity index (χ4n) is 0.352. The second kappa shape index (κ2) is 5.27. The first-order valence-electron chi connectivity index (χ1n) is 3.56. The highest BCUT2D eigenvalue weighted by atomic mass is 16.5. The topological polar surface area (TPSA) is 26.3 Å². The molecule has 0 spiro atoms. The van der Waals surface area contributed by atoms with Crippen LogP contribution in [0.5, 0.6) is 0 Å². The van der Waals surface area contributed by atoms with E-state index in [2.05, 4.69) is 6.92 Å². The predicted octanol–water partition coefficient (Wildman–Crippen LogP) is 1.96.